The molecular formula is C19H32N2O3. The van der Waals surface area contributed by atoms with Crippen LogP contribution in [0.3, 0.4) is 0 Å². The fourth-order valence-electron chi connectivity index (χ4n) is 2.67. The molecule has 0 spiro atoms. The Labute approximate surface area is 145 Å². The number of benzene rings is 1. The number of methoxy groups -OCH3 is 1. The summed E-state index contributed by atoms with van der Waals surface area (Å²) in [6.07, 6.45) is 2.39. The monoisotopic (exact) mass is 336 g/mol. The van der Waals surface area contributed by atoms with Crippen LogP contribution >= 0.6 is 0 Å². The zero-order chi connectivity index (χ0) is 18.2. The largest absolute Gasteiger partial charge is 0.493 e. The zero-order valence-corrected chi connectivity index (χ0v) is 15.6. The van der Waals surface area contributed by atoms with Crippen LogP contribution in [0.15, 0.2) is 18.2 Å². The Kier molecular flexibility index (Phi) is 8.05. The van der Waals surface area contributed by atoms with Crippen LogP contribution < -0.4 is 20.5 Å². The maximum absolute atomic E-state index is 12.7. The third-order valence-corrected chi connectivity index (χ3v) is 4.72. The fraction of sp³-hybridized carbons (Fsp3) is 0.632. The van der Waals surface area contributed by atoms with Crippen LogP contribution in [0.2, 0.25) is 0 Å². The molecule has 0 aliphatic heterocycles. The quantitative estimate of drug-likeness (QED) is 0.686. The molecule has 0 heterocycles. The molecule has 1 atom stereocenters. The molecule has 5 nitrogen and oxygen atoms in total. The highest BCUT2D eigenvalue weighted by atomic mass is 16.5. The molecule has 3 N–H and O–H groups in total. The molecule has 0 saturated carbocycles. The molecule has 1 amide bonds. The van der Waals surface area contributed by atoms with Gasteiger partial charge < -0.3 is 20.5 Å². The van der Waals surface area contributed by atoms with Crippen LogP contribution in [0.5, 0.6) is 11.5 Å². The summed E-state index contributed by atoms with van der Waals surface area (Å²) in [5, 5.41) is 3.09. The van der Waals surface area contributed by atoms with Crippen LogP contribution in [-0.2, 0) is 4.79 Å². The Morgan fingerprint density at radius 1 is 1.25 bits per heavy atom. The third kappa shape index (κ3) is 4.63. The van der Waals surface area contributed by atoms with E-state index in [0.29, 0.717) is 18.9 Å². The average Bonchev–Trinajstić information content (AvgIpc) is 2.61. The topological polar surface area (TPSA) is 73.6 Å². The van der Waals surface area contributed by atoms with E-state index in [9.17, 15) is 4.79 Å². The average molecular weight is 336 g/mol. The van der Waals surface area contributed by atoms with Gasteiger partial charge in [-0.3, -0.25) is 4.79 Å². The first-order chi connectivity index (χ1) is 11.5. The summed E-state index contributed by atoms with van der Waals surface area (Å²) >= 11 is 0. The summed E-state index contributed by atoms with van der Waals surface area (Å²) in [4.78, 5) is 12.7. The third-order valence-electron chi connectivity index (χ3n) is 4.72. The molecule has 0 aromatic heterocycles. The number of nitrogens with two attached hydrogens (primary N) is 1. The van der Waals surface area contributed by atoms with Crippen molar-refractivity contribution in [1.29, 1.82) is 0 Å². The first kappa shape index (κ1) is 20.3. The molecule has 1 aromatic rings. The molecule has 0 radical (unpaired) electrons. The summed E-state index contributed by atoms with van der Waals surface area (Å²) in [7, 11) is 1.62. The second-order valence-electron chi connectivity index (χ2n) is 6.15. The Morgan fingerprint density at radius 2 is 1.92 bits per heavy atom. The van der Waals surface area contributed by atoms with Gasteiger partial charge in [0.1, 0.15) is 0 Å². The van der Waals surface area contributed by atoms with Crippen LogP contribution in [0, 0.1) is 5.41 Å². The van der Waals surface area contributed by atoms with Gasteiger partial charge in [-0.05, 0) is 43.9 Å². The van der Waals surface area contributed by atoms with Gasteiger partial charge in [-0.25, -0.2) is 0 Å². The van der Waals surface area contributed by atoms with Crippen molar-refractivity contribution >= 4 is 5.91 Å². The molecular weight excluding hydrogens is 304 g/mol. The molecule has 136 valence electrons. The van der Waals surface area contributed by atoms with Gasteiger partial charge in [0.25, 0.3) is 0 Å². The van der Waals surface area contributed by atoms with E-state index in [2.05, 4.69) is 12.2 Å². The maximum atomic E-state index is 12.7. The van der Waals surface area contributed by atoms with Gasteiger partial charge in [0, 0.05) is 6.54 Å². The fourth-order valence-corrected chi connectivity index (χ4v) is 2.67. The van der Waals surface area contributed by atoms with Crippen LogP contribution in [0.4, 0.5) is 0 Å². The number of rotatable bonds is 10. The Hall–Kier alpha value is -1.75. The minimum Gasteiger partial charge on any atom is -0.493 e. The van der Waals surface area contributed by atoms with E-state index in [1.54, 1.807) is 7.11 Å². The Morgan fingerprint density at radius 3 is 2.42 bits per heavy atom. The van der Waals surface area contributed by atoms with Crippen molar-refractivity contribution in [3.8, 4) is 11.5 Å². The second-order valence-corrected chi connectivity index (χ2v) is 6.15. The zero-order valence-electron chi connectivity index (χ0n) is 15.6. The molecule has 5 heteroatoms. The lowest BCUT2D eigenvalue weighted by Crippen LogP contribution is -2.46. The summed E-state index contributed by atoms with van der Waals surface area (Å²) in [5.41, 5.74) is 6.34. The summed E-state index contributed by atoms with van der Waals surface area (Å²) in [5.74, 6) is 1.41. The number of ether oxygens (including phenoxy) is 2. The van der Waals surface area contributed by atoms with E-state index < -0.39 is 5.41 Å². The van der Waals surface area contributed by atoms with Gasteiger partial charge in [0.15, 0.2) is 11.5 Å². The van der Waals surface area contributed by atoms with Crippen molar-refractivity contribution in [2.75, 3.05) is 20.3 Å². The number of carbonyl (C=O) groups excluding carboxylic acids is 1. The van der Waals surface area contributed by atoms with Crippen LogP contribution in [0.1, 0.15) is 58.6 Å². The minimum absolute atomic E-state index is 0.00720. The van der Waals surface area contributed by atoms with E-state index >= 15 is 0 Å². The van der Waals surface area contributed by atoms with Gasteiger partial charge >= 0.3 is 0 Å². The van der Waals surface area contributed by atoms with Crippen LogP contribution in [-0.4, -0.2) is 26.2 Å². The lowest BCUT2D eigenvalue weighted by atomic mass is 9.81. The van der Waals surface area contributed by atoms with Gasteiger partial charge in [-0.1, -0.05) is 26.8 Å². The standard InChI is InChI=1S/C19H32N2O3/c1-6-11-24-16-10-9-15(12-17(16)23-5)14(4)21-18(22)19(7-2,8-3)13-20/h9-10,12,14H,6-8,11,13,20H2,1-5H3,(H,21,22). The van der Waals surface area contributed by atoms with Crippen molar-refractivity contribution in [2.24, 2.45) is 11.1 Å². The van der Waals surface area contributed by atoms with Gasteiger partial charge in [-0.2, -0.15) is 0 Å². The summed E-state index contributed by atoms with van der Waals surface area (Å²) < 4.78 is 11.1. The highest BCUT2D eigenvalue weighted by molar-refractivity contribution is 5.83. The number of hydrogen-bond acceptors (Lipinski definition) is 4. The smallest absolute Gasteiger partial charge is 0.227 e. The normalized spacial score (nSPS) is 12.6. The van der Waals surface area contributed by atoms with Gasteiger partial charge in [0.2, 0.25) is 5.91 Å². The number of nitrogens with one attached hydrogen (secondary N) is 1. The molecule has 24 heavy (non-hydrogen) atoms. The van der Waals surface area contributed by atoms with Gasteiger partial charge in [0.05, 0.1) is 25.2 Å². The summed E-state index contributed by atoms with van der Waals surface area (Å²) in [6.45, 7) is 9.03. The Bertz CT molecular complexity index is 519. The first-order valence-corrected chi connectivity index (χ1v) is 8.79. The molecule has 1 unspecified atom stereocenters. The van der Waals surface area contributed by atoms with E-state index in [1.807, 2.05) is 39.0 Å². The predicted molar refractivity (Wildman–Crippen MR) is 97.4 cm³/mol. The van der Waals surface area contributed by atoms with Crippen LogP contribution in [0.25, 0.3) is 0 Å². The van der Waals surface area contributed by atoms with E-state index in [1.165, 1.54) is 0 Å². The molecule has 1 rings (SSSR count). The number of carbonyl (C=O) groups is 1. The first-order valence-electron chi connectivity index (χ1n) is 8.79. The van der Waals surface area contributed by atoms with E-state index in [4.69, 9.17) is 15.2 Å². The van der Waals surface area contributed by atoms with Crippen molar-refractivity contribution in [1.82, 2.24) is 5.32 Å². The number of hydrogen-bond donors (Lipinski definition) is 2. The minimum atomic E-state index is -0.497. The van der Waals surface area contributed by atoms with Crippen molar-refractivity contribution in [2.45, 2.75) is 53.0 Å². The molecule has 0 fully saturated rings. The molecule has 0 bridgehead atoms. The molecule has 1 aromatic carbocycles. The lowest BCUT2D eigenvalue weighted by Gasteiger charge is -2.30. The highest BCUT2D eigenvalue weighted by Gasteiger charge is 2.34. The van der Waals surface area contributed by atoms with E-state index in [-0.39, 0.29) is 11.9 Å². The molecule has 0 saturated heterocycles. The Balaban J connectivity index is 2.91. The maximum Gasteiger partial charge on any atom is 0.227 e. The number of amides is 1. The summed E-state index contributed by atoms with van der Waals surface area (Å²) in [6, 6.07) is 5.64. The van der Waals surface area contributed by atoms with Crippen molar-refractivity contribution < 1.29 is 14.3 Å². The SMILES string of the molecule is CCCOc1ccc(C(C)NC(=O)C(CC)(CC)CN)cc1OC. The lowest BCUT2D eigenvalue weighted by molar-refractivity contribution is -0.131. The second kappa shape index (κ2) is 9.52. The van der Waals surface area contributed by atoms with E-state index in [0.717, 1.165) is 30.6 Å². The van der Waals surface area contributed by atoms with Gasteiger partial charge in [-0.15, -0.1) is 0 Å². The highest BCUT2D eigenvalue weighted by Crippen LogP contribution is 2.31. The molecule has 0 aliphatic carbocycles. The molecule has 0 aliphatic rings. The van der Waals surface area contributed by atoms with Crippen molar-refractivity contribution in [3.63, 3.8) is 0 Å². The predicted octanol–water partition coefficient (Wildman–Crippen LogP) is 3.43. The van der Waals surface area contributed by atoms with Crippen molar-refractivity contribution in [3.05, 3.63) is 23.8 Å².